The van der Waals surface area contributed by atoms with Crippen molar-refractivity contribution in [2.75, 3.05) is 11.9 Å². The molecule has 5 nitrogen and oxygen atoms in total. The summed E-state index contributed by atoms with van der Waals surface area (Å²) >= 11 is 3.48. The smallest absolute Gasteiger partial charge is 0.319 e. The summed E-state index contributed by atoms with van der Waals surface area (Å²) in [4.78, 5) is 22.8. The zero-order chi connectivity index (χ0) is 16.7. The molecule has 2 N–H and O–H groups in total. The molecule has 23 heavy (non-hydrogen) atoms. The van der Waals surface area contributed by atoms with E-state index in [1.807, 2.05) is 24.3 Å². The summed E-state index contributed by atoms with van der Waals surface area (Å²) in [6.07, 6.45) is 0.725. The molecule has 0 fully saturated rings. The minimum absolute atomic E-state index is 0.308. The Labute approximate surface area is 143 Å². The van der Waals surface area contributed by atoms with Crippen LogP contribution in [0, 0.1) is 0 Å². The fourth-order valence-electron chi connectivity index (χ4n) is 1.99. The average molecular weight is 377 g/mol. The van der Waals surface area contributed by atoms with Crippen LogP contribution < -0.4 is 15.4 Å². The van der Waals surface area contributed by atoms with Crippen LogP contribution in [-0.2, 0) is 11.2 Å². The lowest BCUT2D eigenvalue weighted by atomic mass is 10.1. The average Bonchev–Trinajstić information content (AvgIpc) is 2.49. The van der Waals surface area contributed by atoms with Gasteiger partial charge in [0.25, 0.3) is 0 Å². The molecule has 6 heteroatoms. The molecule has 2 aromatic rings. The normalized spacial score (nSPS) is 10.0. The number of urea groups is 1. The third-order valence-electron chi connectivity index (χ3n) is 2.99. The van der Waals surface area contributed by atoms with E-state index in [1.165, 1.54) is 6.92 Å². The summed E-state index contributed by atoms with van der Waals surface area (Å²) < 4.78 is 6.00. The summed E-state index contributed by atoms with van der Waals surface area (Å²) in [6.45, 7) is 1.84. The molecule has 0 heterocycles. The predicted octanol–water partition coefficient (Wildman–Crippen LogP) is 3.74. The van der Waals surface area contributed by atoms with Crippen LogP contribution in [0.4, 0.5) is 10.5 Å². The molecular formula is C17H17BrN2O3. The highest BCUT2D eigenvalue weighted by Gasteiger charge is 2.05. The van der Waals surface area contributed by atoms with E-state index in [1.54, 1.807) is 24.3 Å². The van der Waals surface area contributed by atoms with E-state index in [0.717, 1.165) is 16.5 Å². The molecule has 2 amide bonds. The second kappa shape index (κ2) is 8.33. The van der Waals surface area contributed by atoms with Gasteiger partial charge in [0.05, 0.1) is 0 Å². The van der Waals surface area contributed by atoms with Crippen molar-refractivity contribution in [3.05, 3.63) is 58.6 Å². The molecule has 120 valence electrons. The Morgan fingerprint density at radius 3 is 2.65 bits per heavy atom. The zero-order valence-corrected chi connectivity index (χ0v) is 14.2. The number of amides is 2. The van der Waals surface area contributed by atoms with Crippen molar-refractivity contribution < 1.29 is 14.3 Å². The van der Waals surface area contributed by atoms with Gasteiger partial charge < -0.3 is 15.4 Å². The Bertz CT molecular complexity index is 704. The first-order chi connectivity index (χ1) is 11.0. The van der Waals surface area contributed by atoms with Crippen molar-refractivity contribution >= 4 is 33.6 Å². The van der Waals surface area contributed by atoms with E-state index in [-0.39, 0.29) is 6.03 Å². The van der Waals surface area contributed by atoms with Crippen molar-refractivity contribution in [1.29, 1.82) is 0 Å². The Morgan fingerprint density at radius 2 is 1.91 bits per heavy atom. The number of rotatable bonds is 5. The molecule has 0 aliphatic heterocycles. The van der Waals surface area contributed by atoms with Gasteiger partial charge in [0.1, 0.15) is 5.75 Å². The minimum Gasteiger partial charge on any atom is -0.427 e. The molecular weight excluding hydrogens is 360 g/mol. The number of esters is 1. The Kier molecular flexibility index (Phi) is 6.17. The molecule has 0 aliphatic carbocycles. The highest BCUT2D eigenvalue weighted by Crippen LogP contribution is 2.18. The van der Waals surface area contributed by atoms with Gasteiger partial charge in [-0.3, -0.25) is 4.79 Å². The summed E-state index contributed by atoms with van der Waals surface area (Å²) in [5, 5.41) is 5.49. The first-order valence-electron chi connectivity index (χ1n) is 7.11. The fourth-order valence-corrected chi connectivity index (χ4v) is 2.47. The van der Waals surface area contributed by atoms with Crippen LogP contribution in [-0.4, -0.2) is 18.5 Å². The maximum atomic E-state index is 11.9. The molecule has 0 radical (unpaired) electrons. The predicted molar refractivity (Wildman–Crippen MR) is 92.6 cm³/mol. The van der Waals surface area contributed by atoms with E-state index in [9.17, 15) is 9.59 Å². The minimum atomic E-state index is -0.403. The largest absolute Gasteiger partial charge is 0.427 e. The number of carbonyl (C=O) groups excluding carboxylic acids is 2. The standard InChI is InChI=1S/C17H17BrN2O3/c1-12(21)23-15-7-4-6-14(11-15)20-17(22)19-10-9-13-5-2-3-8-16(13)18/h2-8,11H,9-10H2,1H3,(H2,19,20,22). The van der Waals surface area contributed by atoms with Crippen molar-refractivity contribution in [1.82, 2.24) is 5.32 Å². The number of nitrogens with one attached hydrogen (secondary N) is 2. The summed E-state index contributed by atoms with van der Waals surface area (Å²) in [7, 11) is 0. The first-order valence-corrected chi connectivity index (χ1v) is 7.90. The molecule has 0 unspecified atom stereocenters. The van der Waals surface area contributed by atoms with Crippen LogP contribution in [0.15, 0.2) is 53.0 Å². The zero-order valence-electron chi connectivity index (χ0n) is 12.6. The van der Waals surface area contributed by atoms with Gasteiger partial charge in [-0.1, -0.05) is 40.2 Å². The molecule has 0 saturated carbocycles. The monoisotopic (exact) mass is 376 g/mol. The highest BCUT2D eigenvalue weighted by atomic mass is 79.9. The molecule has 0 spiro atoms. The second-order valence-electron chi connectivity index (χ2n) is 4.84. The Morgan fingerprint density at radius 1 is 1.13 bits per heavy atom. The first kappa shape index (κ1) is 17.0. The maximum Gasteiger partial charge on any atom is 0.319 e. The molecule has 2 aromatic carbocycles. The van der Waals surface area contributed by atoms with Crippen LogP contribution in [0.2, 0.25) is 0 Å². The van der Waals surface area contributed by atoms with Gasteiger partial charge in [-0.15, -0.1) is 0 Å². The lowest BCUT2D eigenvalue weighted by Gasteiger charge is -2.09. The van der Waals surface area contributed by atoms with Crippen LogP contribution in [0.25, 0.3) is 0 Å². The van der Waals surface area contributed by atoms with Crippen molar-refractivity contribution in [3.8, 4) is 5.75 Å². The summed E-state index contributed by atoms with van der Waals surface area (Å²) in [6, 6.07) is 14.2. The van der Waals surface area contributed by atoms with E-state index in [4.69, 9.17) is 4.74 Å². The number of anilines is 1. The number of hydrogen-bond acceptors (Lipinski definition) is 3. The molecule has 0 aromatic heterocycles. The lowest BCUT2D eigenvalue weighted by Crippen LogP contribution is -2.30. The number of hydrogen-bond donors (Lipinski definition) is 2. The van der Waals surface area contributed by atoms with Crippen molar-refractivity contribution in [2.45, 2.75) is 13.3 Å². The topological polar surface area (TPSA) is 67.4 Å². The fraction of sp³-hybridized carbons (Fsp3) is 0.176. The van der Waals surface area contributed by atoms with Gasteiger partial charge in [-0.05, 0) is 30.2 Å². The third-order valence-corrected chi connectivity index (χ3v) is 3.76. The van der Waals surface area contributed by atoms with E-state index < -0.39 is 5.97 Å². The molecule has 2 rings (SSSR count). The van der Waals surface area contributed by atoms with E-state index >= 15 is 0 Å². The van der Waals surface area contributed by atoms with Gasteiger partial charge in [-0.2, -0.15) is 0 Å². The highest BCUT2D eigenvalue weighted by molar-refractivity contribution is 9.10. The number of carbonyl (C=O) groups is 2. The summed E-state index contributed by atoms with van der Waals surface area (Å²) in [5.74, 6) is -0.0106. The number of halogens is 1. The van der Waals surface area contributed by atoms with E-state index in [0.29, 0.717) is 18.0 Å². The van der Waals surface area contributed by atoms with E-state index in [2.05, 4.69) is 26.6 Å². The van der Waals surface area contributed by atoms with Gasteiger partial charge in [0.15, 0.2) is 0 Å². The second-order valence-corrected chi connectivity index (χ2v) is 5.70. The molecule has 0 aliphatic rings. The van der Waals surface area contributed by atoms with Gasteiger partial charge in [-0.25, -0.2) is 4.79 Å². The Hall–Kier alpha value is -2.34. The third kappa shape index (κ3) is 5.75. The molecule has 0 saturated heterocycles. The van der Waals surface area contributed by atoms with Crippen LogP contribution in [0.3, 0.4) is 0 Å². The van der Waals surface area contributed by atoms with Crippen molar-refractivity contribution in [2.24, 2.45) is 0 Å². The number of ether oxygens (including phenoxy) is 1. The number of benzene rings is 2. The van der Waals surface area contributed by atoms with Gasteiger partial charge >= 0.3 is 12.0 Å². The molecule has 0 atom stereocenters. The van der Waals surface area contributed by atoms with Crippen LogP contribution in [0.5, 0.6) is 5.75 Å². The maximum absolute atomic E-state index is 11.9. The van der Waals surface area contributed by atoms with Crippen LogP contribution >= 0.6 is 15.9 Å². The SMILES string of the molecule is CC(=O)Oc1cccc(NC(=O)NCCc2ccccc2Br)c1. The quantitative estimate of drug-likeness (QED) is 0.616. The van der Waals surface area contributed by atoms with Gasteiger partial charge in [0.2, 0.25) is 0 Å². The van der Waals surface area contributed by atoms with Crippen LogP contribution in [0.1, 0.15) is 12.5 Å². The van der Waals surface area contributed by atoms with Crippen molar-refractivity contribution in [3.63, 3.8) is 0 Å². The van der Waals surface area contributed by atoms with Gasteiger partial charge in [0, 0.05) is 29.7 Å². The summed E-state index contributed by atoms with van der Waals surface area (Å²) in [5.41, 5.74) is 1.69. The Balaban J connectivity index is 1.83. The lowest BCUT2D eigenvalue weighted by molar-refractivity contribution is -0.131. The molecule has 0 bridgehead atoms.